The Kier molecular flexibility index (Phi) is 6.90. The molecular formula is C31H29F2N7O4. The van der Waals surface area contributed by atoms with E-state index in [4.69, 9.17) is 0 Å². The zero-order chi connectivity index (χ0) is 31.6. The Bertz CT molecular complexity index is 1940. The molecule has 0 spiro atoms. The number of carbonyl (C=O) groups is 2. The first-order chi connectivity index (χ1) is 20.9. The molecule has 13 heteroatoms. The highest BCUT2D eigenvalue weighted by molar-refractivity contribution is 6.12. The average Bonchev–Trinajstić information content (AvgIpc) is 3.10. The highest BCUT2D eigenvalue weighted by Gasteiger charge is 2.43. The van der Waals surface area contributed by atoms with Gasteiger partial charge in [0.2, 0.25) is 11.8 Å². The van der Waals surface area contributed by atoms with Crippen LogP contribution in [-0.4, -0.2) is 66.5 Å². The molecule has 1 saturated heterocycles. The van der Waals surface area contributed by atoms with Gasteiger partial charge in [0.05, 0.1) is 34.6 Å². The number of aromatic nitrogens is 4. The molecular weight excluding hydrogens is 572 g/mol. The lowest BCUT2D eigenvalue weighted by Crippen LogP contribution is -2.62. The Labute approximate surface area is 250 Å². The topological polar surface area (TPSA) is 134 Å². The summed E-state index contributed by atoms with van der Waals surface area (Å²) in [4.78, 5) is 56.8. The summed E-state index contributed by atoms with van der Waals surface area (Å²) in [5.74, 6) is -3.91. The largest absolute Gasteiger partial charge is 0.507 e. The molecule has 0 radical (unpaired) electrons. The predicted octanol–water partition coefficient (Wildman–Crippen LogP) is 3.80. The highest BCUT2D eigenvalue weighted by Crippen LogP contribution is 2.43. The molecule has 0 bridgehead atoms. The van der Waals surface area contributed by atoms with E-state index in [2.05, 4.69) is 26.8 Å². The Morgan fingerprint density at radius 1 is 1.18 bits per heavy atom. The number of benzene rings is 1. The molecule has 1 aromatic carbocycles. The van der Waals surface area contributed by atoms with Gasteiger partial charge in [-0.3, -0.25) is 14.6 Å². The Morgan fingerprint density at radius 2 is 1.93 bits per heavy atom. The molecule has 2 aliphatic rings. The first-order valence-electron chi connectivity index (χ1n) is 14.0. The summed E-state index contributed by atoms with van der Waals surface area (Å²) in [6.07, 6.45) is 2.75. The van der Waals surface area contributed by atoms with Crippen LogP contribution < -0.4 is 15.9 Å². The molecule has 6 rings (SSSR count). The molecule has 0 aliphatic carbocycles. The van der Waals surface area contributed by atoms with Gasteiger partial charge in [-0.1, -0.05) is 26.5 Å². The maximum atomic E-state index is 16.6. The molecule has 0 saturated carbocycles. The smallest absolute Gasteiger partial charge is 0.355 e. The van der Waals surface area contributed by atoms with Gasteiger partial charge < -0.3 is 20.2 Å². The summed E-state index contributed by atoms with van der Waals surface area (Å²) < 4.78 is 33.0. The van der Waals surface area contributed by atoms with E-state index in [-0.39, 0.29) is 41.5 Å². The van der Waals surface area contributed by atoms with E-state index in [9.17, 15) is 19.5 Å². The van der Waals surface area contributed by atoms with E-state index in [1.54, 1.807) is 31.0 Å². The van der Waals surface area contributed by atoms with Crippen LogP contribution in [0.4, 0.5) is 20.3 Å². The fourth-order valence-electron chi connectivity index (χ4n) is 6.08. The van der Waals surface area contributed by atoms with Crippen molar-refractivity contribution >= 4 is 34.4 Å². The van der Waals surface area contributed by atoms with Crippen LogP contribution in [-0.2, 0) is 9.59 Å². The summed E-state index contributed by atoms with van der Waals surface area (Å²) in [5, 5.41) is 13.2. The number of anilines is 2. The van der Waals surface area contributed by atoms with Gasteiger partial charge in [0.15, 0.2) is 11.5 Å². The van der Waals surface area contributed by atoms with Crippen molar-refractivity contribution in [3.05, 3.63) is 76.5 Å². The van der Waals surface area contributed by atoms with Crippen LogP contribution in [0.2, 0.25) is 0 Å². The third kappa shape index (κ3) is 4.29. The first kappa shape index (κ1) is 28.9. The fourth-order valence-corrected chi connectivity index (χ4v) is 6.08. The van der Waals surface area contributed by atoms with Gasteiger partial charge in [-0.25, -0.2) is 23.1 Å². The number of aromatic hydroxyl groups is 1. The van der Waals surface area contributed by atoms with Crippen LogP contribution >= 0.6 is 0 Å². The second-order valence-electron chi connectivity index (χ2n) is 11.3. The molecule has 1 fully saturated rings. The third-order valence-corrected chi connectivity index (χ3v) is 8.07. The monoisotopic (exact) mass is 601 g/mol. The first-order valence-corrected chi connectivity index (χ1v) is 14.0. The number of aryl methyl sites for hydroxylation is 1. The molecule has 2 amide bonds. The number of rotatable bonds is 4. The van der Waals surface area contributed by atoms with Crippen LogP contribution in [0.5, 0.6) is 5.75 Å². The number of carbonyl (C=O) groups excluding carboxylic acids is 2. The van der Waals surface area contributed by atoms with Crippen molar-refractivity contribution in [1.82, 2.24) is 24.4 Å². The number of piperazine rings is 1. The van der Waals surface area contributed by atoms with E-state index in [1.165, 1.54) is 21.6 Å². The molecule has 2 unspecified atom stereocenters. The summed E-state index contributed by atoms with van der Waals surface area (Å²) >= 11 is 0. The van der Waals surface area contributed by atoms with Crippen LogP contribution in [0.15, 0.2) is 47.9 Å². The molecule has 4 aromatic rings. The molecule has 2 atom stereocenters. The molecule has 226 valence electrons. The summed E-state index contributed by atoms with van der Waals surface area (Å²) in [7, 11) is 0. The molecule has 2 N–H and O–H groups in total. The Balaban J connectivity index is 1.76. The number of fused-ring (bicyclic) bond motifs is 2. The maximum Gasteiger partial charge on any atom is 0.355 e. The van der Waals surface area contributed by atoms with Crippen molar-refractivity contribution in [3.63, 3.8) is 0 Å². The van der Waals surface area contributed by atoms with E-state index in [0.29, 0.717) is 16.9 Å². The quantitative estimate of drug-likeness (QED) is 0.338. The van der Waals surface area contributed by atoms with Crippen molar-refractivity contribution < 1.29 is 23.5 Å². The molecule has 44 heavy (non-hydrogen) atoms. The number of hydrogen-bond donors (Lipinski definition) is 2. The maximum absolute atomic E-state index is 16.6. The number of pyridine rings is 2. The molecule has 2 aliphatic heterocycles. The summed E-state index contributed by atoms with van der Waals surface area (Å²) in [6.45, 7) is 10.9. The molecule has 11 nitrogen and oxygen atoms in total. The van der Waals surface area contributed by atoms with Crippen molar-refractivity contribution in [2.75, 3.05) is 23.3 Å². The van der Waals surface area contributed by atoms with Crippen molar-refractivity contribution in [3.8, 4) is 22.7 Å². The van der Waals surface area contributed by atoms with Gasteiger partial charge in [-0.15, -0.1) is 0 Å². The predicted molar refractivity (Wildman–Crippen MR) is 160 cm³/mol. The SMILES string of the molecule is C=CC(=O)N1CC(C)N2c3nc(=O)n(-c4c(C)ccnc4C(C)C)c4nc(-c5c(O)cccc5F)c(F)c(c34)NC(=O)C2C1. The van der Waals surface area contributed by atoms with Gasteiger partial charge in [-0.2, -0.15) is 4.98 Å². The van der Waals surface area contributed by atoms with Crippen LogP contribution in [0, 0.1) is 18.6 Å². The van der Waals surface area contributed by atoms with E-state index in [0.717, 1.165) is 12.1 Å². The normalized spacial score (nSPS) is 17.8. The highest BCUT2D eigenvalue weighted by atomic mass is 19.1. The van der Waals surface area contributed by atoms with Crippen LogP contribution in [0.1, 0.15) is 37.9 Å². The number of phenolic OH excluding ortho intramolecular Hbond substituents is 1. The zero-order valence-electron chi connectivity index (χ0n) is 24.4. The third-order valence-electron chi connectivity index (χ3n) is 8.07. The van der Waals surface area contributed by atoms with Crippen LogP contribution in [0.3, 0.4) is 0 Å². The van der Waals surface area contributed by atoms with Gasteiger partial charge in [0, 0.05) is 18.8 Å². The standard InChI is InChI=1S/C31H29F2N7O4/c1-6-20(42)38-12-16(5)39-18(13-38)30(43)36-26-22-28(35-25(23(26)33)21-17(32)8-7-9-19(21)41)40(31(44)37-29(22)39)27-15(4)10-11-34-24(27)14(2)3/h6-11,14,16,18,41H,1,12-13H2,2-5H3,(H,36,43). The van der Waals surface area contributed by atoms with Gasteiger partial charge in [-0.05, 0) is 49.6 Å². The second kappa shape index (κ2) is 10.5. The van der Waals surface area contributed by atoms with Gasteiger partial charge in [0.1, 0.15) is 29.1 Å². The number of halogens is 2. The summed E-state index contributed by atoms with van der Waals surface area (Å²) in [6, 6.07) is 3.58. The van der Waals surface area contributed by atoms with E-state index in [1.807, 2.05) is 13.8 Å². The second-order valence-corrected chi connectivity index (χ2v) is 11.3. The van der Waals surface area contributed by atoms with Gasteiger partial charge in [0.25, 0.3) is 0 Å². The fraction of sp³-hybridized carbons (Fsp3) is 0.290. The van der Waals surface area contributed by atoms with Gasteiger partial charge >= 0.3 is 5.69 Å². The number of amides is 2. The lowest BCUT2D eigenvalue weighted by atomic mass is 10.0. The lowest BCUT2D eigenvalue weighted by molar-refractivity contribution is -0.128. The minimum absolute atomic E-state index is 0.00540. The van der Waals surface area contributed by atoms with Crippen LogP contribution in [0.25, 0.3) is 28.0 Å². The van der Waals surface area contributed by atoms with Crippen molar-refractivity contribution in [2.24, 2.45) is 0 Å². The minimum atomic E-state index is -1.13. The van der Waals surface area contributed by atoms with E-state index < -0.39 is 58.2 Å². The lowest BCUT2D eigenvalue weighted by Gasteiger charge is -2.44. The molecule has 3 aromatic heterocycles. The Morgan fingerprint density at radius 3 is 2.61 bits per heavy atom. The average molecular weight is 602 g/mol. The number of phenols is 1. The van der Waals surface area contributed by atoms with E-state index >= 15 is 8.78 Å². The van der Waals surface area contributed by atoms with Crippen molar-refractivity contribution in [1.29, 1.82) is 0 Å². The zero-order valence-corrected chi connectivity index (χ0v) is 24.4. The summed E-state index contributed by atoms with van der Waals surface area (Å²) in [5.41, 5.74) is -0.905. The van der Waals surface area contributed by atoms with Crippen molar-refractivity contribution in [2.45, 2.75) is 45.7 Å². The number of nitrogens with zero attached hydrogens (tertiary/aromatic N) is 6. The minimum Gasteiger partial charge on any atom is -0.507 e. The Hall–Kier alpha value is -5.20. The number of nitrogens with one attached hydrogen (secondary N) is 1. The molecule has 5 heterocycles. The number of hydrogen-bond acceptors (Lipinski definition) is 8.